The molecule has 0 aromatic heterocycles. The third-order valence-electron chi connectivity index (χ3n) is 2.66. The Morgan fingerprint density at radius 2 is 1.65 bits per heavy atom. The summed E-state index contributed by atoms with van der Waals surface area (Å²) in [6.07, 6.45) is 0. The van der Waals surface area contributed by atoms with Crippen LogP contribution in [-0.4, -0.2) is 8.42 Å². The first-order valence-electron chi connectivity index (χ1n) is 5.75. The van der Waals surface area contributed by atoms with Gasteiger partial charge in [-0.05, 0) is 29.8 Å². The highest BCUT2D eigenvalue weighted by Crippen LogP contribution is 2.18. The predicted molar refractivity (Wildman–Crippen MR) is 76.6 cm³/mol. The lowest BCUT2D eigenvalue weighted by Crippen LogP contribution is -2.27. The van der Waals surface area contributed by atoms with Gasteiger partial charge in [0.25, 0.3) is 0 Å². The van der Waals surface area contributed by atoms with Gasteiger partial charge in [-0.2, -0.15) is 9.98 Å². The molecule has 0 amide bonds. The van der Waals surface area contributed by atoms with Gasteiger partial charge in [0.2, 0.25) is 10.0 Å². The predicted octanol–water partition coefficient (Wildman–Crippen LogP) is 2.88. The molecule has 0 aliphatic rings. The number of nitrogens with zero attached hydrogens (tertiary/aromatic N) is 1. The molecule has 2 aromatic carbocycles. The van der Waals surface area contributed by atoms with Gasteiger partial charge in [0.15, 0.2) is 0 Å². The minimum Gasteiger partial charge on any atom is -0.207 e. The monoisotopic (exact) mass is 306 g/mol. The zero-order valence-electron chi connectivity index (χ0n) is 10.3. The van der Waals surface area contributed by atoms with E-state index in [2.05, 4.69) is 4.72 Å². The van der Waals surface area contributed by atoms with Gasteiger partial charge in [-0.3, -0.25) is 0 Å². The molecule has 4 nitrogen and oxygen atoms in total. The average molecular weight is 307 g/mol. The van der Waals surface area contributed by atoms with Crippen molar-refractivity contribution in [2.24, 2.45) is 0 Å². The maximum atomic E-state index is 12.2. The molecule has 0 fully saturated rings. The summed E-state index contributed by atoms with van der Waals surface area (Å²) >= 11 is 5.77. The summed E-state index contributed by atoms with van der Waals surface area (Å²) in [7, 11) is -3.74. The molecule has 0 aliphatic heterocycles. The van der Waals surface area contributed by atoms with E-state index in [0.717, 1.165) is 0 Å². The van der Waals surface area contributed by atoms with Gasteiger partial charge in [-0.25, -0.2) is 8.42 Å². The van der Waals surface area contributed by atoms with Crippen LogP contribution in [0.3, 0.4) is 0 Å². The number of hydrogen-bond acceptors (Lipinski definition) is 3. The first-order valence-corrected chi connectivity index (χ1v) is 7.61. The Bertz CT molecular complexity index is 722. The van der Waals surface area contributed by atoms with Crippen LogP contribution in [0.1, 0.15) is 11.6 Å². The fourth-order valence-electron chi connectivity index (χ4n) is 1.65. The van der Waals surface area contributed by atoms with Gasteiger partial charge in [0.1, 0.15) is 6.04 Å². The van der Waals surface area contributed by atoms with Crippen LogP contribution in [0.4, 0.5) is 0 Å². The van der Waals surface area contributed by atoms with Gasteiger partial charge in [0, 0.05) is 5.02 Å². The van der Waals surface area contributed by atoms with E-state index < -0.39 is 16.1 Å². The maximum Gasteiger partial charge on any atom is 0.241 e. The smallest absolute Gasteiger partial charge is 0.207 e. The molecule has 1 atom stereocenters. The zero-order valence-corrected chi connectivity index (χ0v) is 11.9. The molecule has 2 aromatic rings. The summed E-state index contributed by atoms with van der Waals surface area (Å²) in [4.78, 5) is 0.120. The van der Waals surface area contributed by atoms with Crippen molar-refractivity contribution < 1.29 is 8.42 Å². The molecule has 0 saturated heterocycles. The SMILES string of the molecule is N#CC(NS(=O)(=O)c1ccccc1)c1ccc(Cl)cc1. The number of rotatable bonds is 4. The zero-order chi connectivity index (χ0) is 14.6. The standard InChI is InChI=1S/C14H11ClN2O2S/c15-12-8-6-11(7-9-12)14(10-16)17-20(18,19)13-4-2-1-3-5-13/h1-9,14,17H. The Kier molecular flexibility index (Phi) is 4.40. The topological polar surface area (TPSA) is 70.0 Å². The summed E-state index contributed by atoms with van der Waals surface area (Å²) in [5.74, 6) is 0. The number of halogens is 1. The molecule has 1 unspecified atom stereocenters. The molecule has 20 heavy (non-hydrogen) atoms. The molecule has 0 saturated carbocycles. The number of nitrogens with one attached hydrogen (secondary N) is 1. The van der Waals surface area contributed by atoms with Gasteiger partial charge < -0.3 is 0 Å². The first-order chi connectivity index (χ1) is 9.53. The largest absolute Gasteiger partial charge is 0.241 e. The fraction of sp³-hybridized carbons (Fsp3) is 0.0714. The van der Waals surface area contributed by atoms with E-state index in [1.165, 1.54) is 12.1 Å². The van der Waals surface area contributed by atoms with Crippen LogP contribution in [-0.2, 0) is 10.0 Å². The molecular formula is C14H11ClN2O2S. The average Bonchev–Trinajstić information content (AvgIpc) is 2.47. The molecule has 0 bridgehead atoms. The summed E-state index contributed by atoms with van der Waals surface area (Å²) in [6, 6.07) is 15.3. The van der Waals surface area contributed by atoms with Crippen molar-refractivity contribution in [3.63, 3.8) is 0 Å². The van der Waals surface area contributed by atoms with E-state index in [9.17, 15) is 8.42 Å². The molecule has 2 rings (SSSR count). The van der Waals surface area contributed by atoms with Crippen LogP contribution < -0.4 is 4.72 Å². The second kappa shape index (κ2) is 6.06. The fourth-order valence-corrected chi connectivity index (χ4v) is 2.92. The highest BCUT2D eigenvalue weighted by molar-refractivity contribution is 7.89. The van der Waals surface area contributed by atoms with Gasteiger partial charge >= 0.3 is 0 Å². The highest BCUT2D eigenvalue weighted by atomic mass is 35.5. The number of nitriles is 1. The highest BCUT2D eigenvalue weighted by Gasteiger charge is 2.20. The summed E-state index contributed by atoms with van der Waals surface area (Å²) in [6.45, 7) is 0. The van der Waals surface area contributed by atoms with Crippen molar-refractivity contribution in [3.05, 3.63) is 65.2 Å². The van der Waals surface area contributed by atoms with Crippen LogP contribution in [0.5, 0.6) is 0 Å². The Labute approximate surface area is 122 Å². The lowest BCUT2D eigenvalue weighted by molar-refractivity contribution is 0.575. The third kappa shape index (κ3) is 3.36. The van der Waals surface area contributed by atoms with E-state index in [0.29, 0.717) is 10.6 Å². The van der Waals surface area contributed by atoms with E-state index in [-0.39, 0.29) is 4.90 Å². The number of benzene rings is 2. The second-order valence-electron chi connectivity index (χ2n) is 4.05. The molecule has 0 radical (unpaired) electrons. The third-order valence-corrected chi connectivity index (χ3v) is 4.35. The normalized spacial score (nSPS) is 12.6. The second-order valence-corrected chi connectivity index (χ2v) is 6.20. The molecule has 0 spiro atoms. The number of sulfonamides is 1. The van der Waals surface area contributed by atoms with E-state index in [1.807, 2.05) is 6.07 Å². The van der Waals surface area contributed by atoms with Crippen molar-refractivity contribution in [3.8, 4) is 6.07 Å². The van der Waals surface area contributed by atoms with Crippen molar-refractivity contribution in [1.29, 1.82) is 5.26 Å². The van der Waals surface area contributed by atoms with Gasteiger partial charge in [-0.15, -0.1) is 0 Å². The summed E-state index contributed by atoms with van der Waals surface area (Å²) in [5, 5.41) is 9.67. The Morgan fingerprint density at radius 1 is 1.05 bits per heavy atom. The van der Waals surface area contributed by atoms with Crippen molar-refractivity contribution in [2.75, 3.05) is 0 Å². The number of hydrogen-bond donors (Lipinski definition) is 1. The lowest BCUT2D eigenvalue weighted by Gasteiger charge is -2.12. The minimum atomic E-state index is -3.74. The Balaban J connectivity index is 2.27. The van der Waals surface area contributed by atoms with E-state index >= 15 is 0 Å². The Hall–Kier alpha value is -1.87. The van der Waals surface area contributed by atoms with E-state index in [1.54, 1.807) is 42.5 Å². The van der Waals surface area contributed by atoms with Crippen LogP contribution in [0.25, 0.3) is 0 Å². The van der Waals surface area contributed by atoms with Crippen molar-refractivity contribution >= 4 is 21.6 Å². The summed E-state index contributed by atoms with van der Waals surface area (Å²) < 4.78 is 26.7. The maximum absolute atomic E-state index is 12.2. The van der Waals surface area contributed by atoms with Crippen LogP contribution in [0, 0.1) is 11.3 Å². The van der Waals surface area contributed by atoms with Crippen LogP contribution in [0.2, 0.25) is 5.02 Å². The molecule has 0 heterocycles. The van der Waals surface area contributed by atoms with Gasteiger partial charge in [-0.1, -0.05) is 41.9 Å². The van der Waals surface area contributed by atoms with Crippen LogP contribution >= 0.6 is 11.6 Å². The molecule has 1 N–H and O–H groups in total. The first kappa shape index (κ1) is 14.5. The Morgan fingerprint density at radius 3 is 2.20 bits per heavy atom. The van der Waals surface area contributed by atoms with Crippen LogP contribution in [0.15, 0.2) is 59.5 Å². The summed E-state index contributed by atoms with van der Waals surface area (Å²) in [5.41, 5.74) is 0.538. The quantitative estimate of drug-likeness (QED) is 0.944. The molecule has 102 valence electrons. The van der Waals surface area contributed by atoms with Crippen molar-refractivity contribution in [1.82, 2.24) is 4.72 Å². The van der Waals surface area contributed by atoms with E-state index in [4.69, 9.17) is 16.9 Å². The molecule has 0 aliphatic carbocycles. The minimum absolute atomic E-state index is 0.120. The molecular weight excluding hydrogens is 296 g/mol. The lowest BCUT2D eigenvalue weighted by atomic mass is 10.1. The molecule has 6 heteroatoms. The van der Waals surface area contributed by atoms with Gasteiger partial charge in [0.05, 0.1) is 11.0 Å². The van der Waals surface area contributed by atoms with Crippen molar-refractivity contribution in [2.45, 2.75) is 10.9 Å².